The van der Waals surface area contributed by atoms with Gasteiger partial charge in [-0.05, 0) is 27.3 Å². The van der Waals surface area contributed by atoms with Gasteiger partial charge >= 0.3 is 0 Å². The topological polar surface area (TPSA) is 45.0 Å². The first-order chi connectivity index (χ1) is 6.04. The molecule has 0 rings (SSSR count). The van der Waals surface area contributed by atoms with Crippen molar-refractivity contribution in [2.24, 2.45) is 0 Å². The van der Waals surface area contributed by atoms with Crippen LogP contribution in [0.15, 0.2) is 0 Å². The van der Waals surface area contributed by atoms with Crippen LogP contribution in [0, 0.1) is 11.3 Å². The Hall–Kier alpha value is -0.590. The zero-order chi connectivity index (χ0) is 10.3. The highest BCUT2D eigenvalue weighted by Gasteiger charge is 2.21. The van der Waals surface area contributed by atoms with Crippen LogP contribution >= 0.6 is 0 Å². The lowest BCUT2D eigenvalue weighted by molar-refractivity contribution is 0.0677. The normalized spacial score (nSPS) is 15.4. The van der Waals surface area contributed by atoms with Crippen LogP contribution in [0.5, 0.6) is 0 Å². The summed E-state index contributed by atoms with van der Waals surface area (Å²) >= 11 is 0. The molecule has 0 fully saturated rings. The molecular formula is C10H20N2O. The number of ether oxygens (including phenoxy) is 1. The van der Waals surface area contributed by atoms with Gasteiger partial charge in [0, 0.05) is 13.0 Å². The van der Waals surface area contributed by atoms with Crippen LogP contribution < -0.4 is 5.32 Å². The van der Waals surface area contributed by atoms with Gasteiger partial charge in [0.15, 0.2) is 0 Å². The summed E-state index contributed by atoms with van der Waals surface area (Å²) in [4.78, 5) is 0. The van der Waals surface area contributed by atoms with E-state index in [2.05, 4.69) is 11.4 Å². The van der Waals surface area contributed by atoms with E-state index in [9.17, 15) is 0 Å². The summed E-state index contributed by atoms with van der Waals surface area (Å²) in [6.45, 7) is 9.34. The van der Waals surface area contributed by atoms with E-state index in [1.54, 1.807) is 0 Å². The molecule has 13 heavy (non-hydrogen) atoms. The Morgan fingerprint density at radius 3 is 2.54 bits per heavy atom. The average Bonchev–Trinajstić information content (AvgIpc) is 2.04. The molecule has 1 atom stereocenters. The molecule has 0 aliphatic heterocycles. The number of nitriles is 1. The third-order valence-electron chi connectivity index (χ3n) is 1.87. The van der Waals surface area contributed by atoms with Crippen LogP contribution in [-0.4, -0.2) is 24.8 Å². The molecule has 1 N–H and O–H groups in total. The van der Waals surface area contributed by atoms with E-state index in [1.165, 1.54) is 0 Å². The van der Waals surface area contributed by atoms with Gasteiger partial charge in [0.25, 0.3) is 0 Å². The molecule has 0 aliphatic carbocycles. The molecule has 0 bridgehead atoms. The van der Waals surface area contributed by atoms with Gasteiger partial charge in [-0.2, -0.15) is 5.26 Å². The second-order valence-electron chi connectivity index (χ2n) is 3.64. The Kier molecular flexibility index (Phi) is 5.68. The van der Waals surface area contributed by atoms with E-state index in [-0.39, 0.29) is 6.10 Å². The van der Waals surface area contributed by atoms with Crippen molar-refractivity contribution in [3.8, 4) is 6.07 Å². The number of nitrogens with one attached hydrogen (secondary N) is 1. The minimum atomic E-state index is -0.441. The first kappa shape index (κ1) is 12.4. The predicted molar refractivity (Wildman–Crippen MR) is 53.4 cm³/mol. The van der Waals surface area contributed by atoms with Gasteiger partial charge < -0.3 is 4.74 Å². The molecule has 0 spiro atoms. The molecule has 0 heterocycles. The fourth-order valence-electron chi connectivity index (χ4n) is 1.07. The molecule has 0 aliphatic rings. The van der Waals surface area contributed by atoms with E-state index < -0.39 is 5.54 Å². The molecule has 76 valence electrons. The molecule has 3 heteroatoms. The van der Waals surface area contributed by atoms with E-state index in [0.29, 0.717) is 6.61 Å². The summed E-state index contributed by atoms with van der Waals surface area (Å²) in [5, 5.41) is 12.1. The van der Waals surface area contributed by atoms with Gasteiger partial charge in [-0.3, -0.25) is 5.32 Å². The highest BCUT2D eigenvalue weighted by molar-refractivity contribution is 5.03. The molecule has 0 amide bonds. The van der Waals surface area contributed by atoms with E-state index in [0.717, 1.165) is 13.0 Å². The Bertz CT molecular complexity index is 174. The zero-order valence-corrected chi connectivity index (χ0v) is 9.05. The molecule has 0 saturated carbocycles. The molecule has 0 radical (unpaired) electrons. The van der Waals surface area contributed by atoms with Crippen LogP contribution in [0.4, 0.5) is 0 Å². The zero-order valence-electron chi connectivity index (χ0n) is 9.05. The Labute approximate surface area is 81.1 Å². The van der Waals surface area contributed by atoms with Crippen molar-refractivity contribution in [2.75, 3.05) is 13.2 Å². The minimum Gasteiger partial charge on any atom is -0.379 e. The number of hydrogen-bond acceptors (Lipinski definition) is 3. The summed E-state index contributed by atoms with van der Waals surface area (Å²) in [6.07, 6.45) is 0.972. The Morgan fingerprint density at radius 1 is 1.54 bits per heavy atom. The number of hydrogen-bond donors (Lipinski definition) is 1. The van der Waals surface area contributed by atoms with Gasteiger partial charge in [-0.1, -0.05) is 6.92 Å². The fraction of sp³-hybridized carbons (Fsp3) is 0.900. The maximum Gasteiger partial charge on any atom is 0.106 e. The second-order valence-corrected chi connectivity index (χ2v) is 3.64. The van der Waals surface area contributed by atoms with Crippen molar-refractivity contribution in [3.63, 3.8) is 0 Å². The Balaban J connectivity index is 3.78. The summed E-state index contributed by atoms with van der Waals surface area (Å²) in [5.74, 6) is 0. The predicted octanol–water partition coefficient (Wildman–Crippen LogP) is 1.69. The summed E-state index contributed by atoms with van der Waals surface area (Å²) in [6, 6.07) is 2.26. The largest absolute Gasteiger partial charge is 0.379 e. The molecule has 0 aromatic carbocycles. The van der Waals surface area contributed by atoms with E-state index in [1.807, 2.05) is 27.7 Å². The monoisotopic (exact) mass is 184 g/mol. The maximum absolute atomic E-state index is 8.91. The third-order valence-corrected chi connectivity index (χ3v) is 1.87. The lowest BCUT2D eigenvalue weighted by atomic mass is 10.0. The third kappa shape index (κ3) is 5.62. The van der Waals surface area contributed by atoms with Gasteiger partial charge in [-0.15, -0.1) is 0 Å². The summed E-state index contributed by atoms with van der Waals surface area (Å²) < 4.78 is 5.39. The molecule has 0 aromatic heterocycles. The summed E-state index contributed by atoms with van der Waals surface area (Å²) in [5.41, 5.74) is -0.441. The Morgan fingerprint density at radius 2 is 2.15 bits per heavy atom. The van der Waals surface area contributed by atoms with Crippen molar-refractivity contribution < 1.29 is 4.74 Å². The van der Waals surface area contributed by atoms with Gasteiger partial charge in [0.2, 0.25) is 0 Å². The molecule has 3 nitrogen and oxygen atoms in total. The highest BCUT2D eigenvalue weighted by atomic mass is 16.5. The van der Waals surface area contributed by atoms with E-state index in [4.69, 9.17) is 10.00 Å². The fourth-order valence-corrected chi connectivity index (χ4v) is 1.07. The lowest BCUT2D eigenvalue weighted by Gasteiger charge is -2.22. The second kappa shape index (κ2) is 5.95. The average molecular weight is 184 g/mol. The van der Waals surface area contributed by atoms with Crippen molar-refractivity contribution >= 4 is 0 Å². The van der Waals surface area contributed by atoms with Crippen LogP contribution in [0.1, 0.15) is 34.1 Å². The van der Waals surface area contributed by atoms with Crippen LogP contribution in [0.2, 0.25) is 0 Å². The van der Waals surface area contributed by atoms with Gasteiger partial charge in [0.1, 0.15) is 5.54 Å². The minimum absolute atomic E-state index is 0.240. The van der Waals surface area contributed by atoms with Crippen molar-refractivity contribution in [2.45, 2.75) is 45.8 Å². The smallest absolute Gasteiger partial charge is 0.106 e. The number of nitrogens with zero attached hydrogens (tertiary/aromatic N) is 1. The highest BCUT2D eigenvalue weighted by Crippen LogP contribution is 2.08. The van der Waals surface area contributed by atoms with Crippen LogP contribution in [0.3, 0.4) is 0 Å². The van der Waals surface area contributed by atoms with Gasteiger partial charge in [-0.25, -0.2) is 0 Å². The SMILES string of the molecule is CCNC(C)(C#N)CCOC(C)C. The molecular weight excluding hydrogens is 164 g/mol. The first-order valence-corrected chi connectivity index (χ1v) is 4.82. The quantitative estimate of drug-likeness (QED) is 0.683. The number of rotatable bonds is 6. The maximum atomic E-state index is 8.91. The van der Waals surface area contributed by atoms with Crippen LogP contribution in [0.25, 0.3) is 0 Å². The van der Waals surface area contributed by atoms with Gasteiger partial charge in [0.05, 0.1) is 12.2 Å². The van der Waals surface area contributed by atoms with Crippen LogP contribution in [-0.2, 0) is 4.74 Å². The summed E-state index contributed by atoms with van der Waals surface area (Å²) in [7, 11) is 0. The standard InChI is InChI=1S/C10H20N2O/c1-5-12-10(4,8-11)6-7-13-9(2)3/h9,12H,5-7H2,1-4H3. The molecule has 0 saturated heterocycles. The first-order valence-electron chi connectivity index (χ1n) is 4.82. The van der Waals surface area contributed by atoms with Crippen molar-refractivity contribution in [1.29, 1.82) is 5.26 Å². The lowest BCUT2D eigenvalue weighted by Crippen LogP contribution is -2.41. The molecule has 0 aromatic rings. The molecule has 1 unspecified atom stereocenters. The van der Waals surface area contributed by atoms with E-state index >= 15 is 0 Å². The van der Waals surface area contributed by atoms with Crippen molar-refractivity contribution in [3.05, 3.63) is 0 Å². The van der Waals surface area contributed by atoms with Crippen molar-refractivity contribution in [1.82, 2.24) is 5.32 Å².